The maximum atomic E-state index is 10.6. The van der Waals surface area contributed by atoms with Gasteiger partial charge in [0.2, 0.25) is 5.91 Å². The molecule has 0 aliphatic heterocycles. The number of amides is 1. The monoisotopic (exact) mass is 304 g/mol. The van der Waals surface area contributed by atoms with E-state index in [0.717, 1.165) is 21.6 Å². The van der Waals surface area contributed by atoms with Gasteiger partial charge in [0.15, 0.2) is 0 Å². The molecular weight excluding hydrogens is 291 g/mol. The Morgan fingerprint density at radius 2 is 2.19 bits per heavy atom. The van der Waals surface area contributed by atoms with Gasteiger partial charge in [0.05, 0.1) is 0 Å². The molecule has 0 saturated heterocycles. The van der Waals surface area contributed by atoms with Gasteiger partial charge in [0.25, 0.3) is 0 Å². The standard InChI is InChI=1S/C11H14BrClN2O/c1-8(16)15-5-4-14-7-9-2-3-10(12)6-11(9)13/h2-3,6,14H,4-5,7H2,1H3,(H,15,16). The zero-order valence-corrected chi connectivity index (χ0v) is 11.4. The van der Waals surface area contributed by atoms with Crippen molar-refractivity contribution < 1.29 is 4.79 Å². The summed E-state index contributed by atoms with van der Waals surface area (Å²) in [6.45, 7) is 3.56. The van der Waals surface area contributed by atoms with Gasteiger partial charge in [-0.15, -0.1) is 0 Å². The van der Waals surface area contributed by atoms with Crippen LogP contribution in [0.4, 0.5) is 0 Å². The van der Waals surface area contributed by atoms with Crippen LogP contribution in [0.15, 0.2) is 22.7 Å². The molecule has 3 nitrogen and oxygen atoms in total. The van der Waals surface area contributed by atoms with Crippen LogP contribution in [-0.2, 0) is 11.3 Å². The molecule has 16 heavy (non-hydrogen) atoms. The third-order valence-electron chi connectivity index (χ3n) is 2.01. The smallest absolute Gasteiger partial charge is 0.216 e. The molecule has 0 unspecified atom stereocenters. The van der Waals surface area contributed by atoms with Gasteiger partial charge in [-0.1, -0.05) is 33.6 Å². The summed E-state index contributed by atoms with van der Waals surface area (Å²) >= 11 is 9.41. The highest BCUT2D eigenvalue weighted by Crippen LogP contribution is 2.20. The van der Waals surface area contributed by atoms with Crippen molar-refractivity contribution in [1.82, 2.24) is 10.6 Å². The Morgan fingerprint density at radius 3 is 2.81 bits per heavy atom. The molecule has 0 fully saturated rings. The normalized spacial score (nSPS) is 10.2. The number of halogens is 2. The fourth-order valence-corrected chi connectivity index (χ4v) is 1.96. The van der Waals surface area contributed by atoms with Crippen molar-refractivity contribution in [1.29, 1.82) is 0 Å². The molecule has 0 spiro atoms. The predicted molar refractivity (Wildman–Crippen MR) is 69.5 cm³/mol. The molecule has 5 heteroatoms. The lowest BCUT2D eigenvalue weighted by Crippen LogP contribution is -2.29. The van der Waals surface area contributed by atoms with E-state index in [2.05, 4.69) is 26.6 Å². The van der Waals surface area contributed by atoms with Crippen LogP contribution in [0.5, 0.6) is 0 Å². The van der Waals surface area contributed by atoms with Crippen molar-refractivity contribution in [3.05, 3.63) is 33.3 Å². The maximum absolute atomic E-state index is 10.6. The topological polar surface area (TPSA) is 41.1 Å². The number of hydrogen-bond donors (Lipinski definition) is 2. The first-order chi connectivity index (χ1) is 7.59. The number of hydrogen-bond acceptors (Lipinski definition) is 2. The Hall–Kier alpha value is -0.580. The van der Waals surface area contributed by atoms with E-state index in [4.69, 9.17) is 11.6 Å². The molecular formula is C11H14BrClN2O. The van der Waals surface area contributed by atoms with Crippen molar-refractivity contribution in [3.8, 4) is 0 Å². The highest BCUT2D eigenvalue weighted by molar-refractivity contribution is 9.10. The van der Waals surface area contributed by atoms with E-state index in [1.807, 2.05) is 18.2 Å². The molecule has 2 N–H and O–H groups in total. The molecule has 1 rings (SSSR count). The molecule has 0 aliphatic rings. The Balaban J connectivity index is 2.29. The number of benzene rings is 1. The molecule has 0 aliphatic carbocycles. The van der Waals surface area contributed by atoms with Crippen LogP contribution >= 0.6 is 27.5 Å². The summed E-state index contributed by atoms with van der Waals surface area (Å²) in [7, 11) is 0. The molecule has 0 aromatic heterocycles. The molecule has 0 radical (unpaired) electrons. The van der Waals surface area contributed by atoms with E-state index in [1.165, 1.54) is 6.92 Å². The lowest BCUT2D eigenvalue weighted by atomic mass is 10.2. The van der Waals surface area contributed by atoms with Gasteiger partial charge in [0, 0.05) is 36.1 Å². The minimum absolute atomic E-state index is 0.0107. The van der Waals surface area contributed by atoms with Gasteiger partial charge in [-0.05, 0) is 17.7 Å². The molecule has 1 amide bonds. The van der Waals surface area contributed by atoms with Crippen LogP contribution in [0.2, 0.25) is 5.02 Å². The summed E-state index contributed by atoms with van der Waals surface area (Å²) in [5.41, 5.74) is 1.05. The van der Waals surface area contributed by atoms with Crippen LogP contribution in [0, 0.1) is 0 Å². The largest absolute Gasteiger partial charge is 0.355 e. The first-order valence-corrected chi connectivity index (χ1v) is 6.16. The zero-order valence-electron chi connectivity index (χ0n) is 9.02. The van der Waals surface area contributed by atoms with Crippen LogP contribution in [-0.4, -0.2) is 19.0 Å². The molecule has 1 aromatic rings. The average Bonchev–Trinajstić information content (AvgIpc) is 2.20. The highest BCUT2D eigenvalue weighted by Gasteiger charge is 2.00. The van der Waals surface area contributed by atoms with Crippen molar-refractivity contribution in [2.45, 2.75) is 13.5 Å². The number of nitrogens with one attached hydrogen (secondary N) is 2. The molecule has 0 heterocycles. The minimum Gasteiger partial charge on any atom is -0.355 e. The molecule has 0 saturated carbocycles. The van der Waals surface area contributed by atoms with Gasteiger partial charge >= 0.3 is 0 Å². The van der Waals surface area contributed by atoms with Gasteiger partial charge in [0.1, 0.15) is 0 Å². The second-order valence-electron chi connectivity index (χ2n) is 3.40. The summed E-state index contributed by atoms with van der Waals surface area (Å²) in [6, 6.07) is 5.79. The van der Waals surface area contributed by atoms with E-state index in [9.17, 15) is 4.79 Å². The summed E-state index contributed by atoms with van der Waals surface area (Å²) in [5.74, 6) is -0.0107. The lowest BCUT2D eigenvalue weighted by molar-refractivity contribution is -0.118. The van der Waals surface area contributed by atoms with Gasteiger partial charge < -0.3 is 10.6 Å². The van der Waals surface area contributed by atoms with E-state index in [1.54, 1.807) is 0 Å². The van der Waals surface area contributed by atoms with E-state index < -0.39 is 0 Å². The summed E-state index contributed by atoms with van der Waals surface area (Å²) < 4.78 is 0.972. The first kappa shape index (κ1) is 13.5. The van der Waals surface area contributed by atoms with Crippen LogP contribution in [0.3, 0.4) is 0 Å². The van der Waals surface area contributed by atoms with Crippen LogP contribution in [0.1, 0.15) is 12.5 Å². The Kier molecular flexibility index (Phi) is 5.80. The summed E-state index contributed by atoms with van der Waals surface area (Å²) in [4.78, 5) is 10.6. The average molecular weight is 306 g/mol. The third kappa shape index (κ3) is 4.96. The van der Waals surface area contributed by atoms with Crippen molar-refractivity contribution in [3.63, 3.8) is 0 Å². The molecule has 0 atom stereocenters. The predicted octanol–water partition coefficient (Wildman–Crippen LogP) is 2.33. The summed E-state index contributed by atoms with van der Waals surface area (Å²) in [6.07, 6.45) is 0. The fraction of sp³-hybridized carbons (Fsp3) is 0.364. The van der Waals surface area contributed by atoms with E-state index in [-0.39, 0.29) is 5.91 Å². The molecule has 1 aromatic carbocycles. The molecule has 88 valence electrons. The molecule has 0 bridgehead atoms. The number of carbonyl (C=O) groups excluding carboxylic acids is 1. The fourth-order valence-electron chi connectivity index (χ4n) is 1.22. The Bertz CT molecular complexity index is 371. The lowest BCUT2D eigenvalue weighted by Gasteiger charge is -2.07. The van der Waals surface area contributed by atoms with Crippen LogP contribution < -0.4 is 10.6 Å². The summed E-state index contributed by atoms with van der Waals surface area (Å²) in [5, 5.41) is 6.65. The van der Waals surface area contributed by atoms with E-state index >= 15 is 0 Å². The minimum atomic E-state index is -0.0107. The van der Waals surface area contributed by atoms with Gasteiger partial charge in [-0.25, -0.2) is 0 Å². The Morgan fingerprint density at radius 1 is 1.44 bits per heavy atom. The van der Waals surface area contributed by atoms with Crippen molar-refractivity contribution >= 4 is 33.4 Å². The second-order valence-corrected chi connectivity index (χ2v) is 4.72. The van der Waals surface area contributed by atoms with E-state index in [0.29, 0.717) is 13.1 Å². The zero-order chi connectivity index (χ0) is 12.0. The Labute approximate surface area is 109 Å². The third-order valence-corrected chi connectivity index (χ3v) is 2.85. The quantitative estimate of drug-likeness (QED) is 0.820. The van der Waals surface area contributed by atoms with Crippen molar-refractivity contribution in [2.24, 2.45) is 0 Å². The van der Waals surface area contributed by atoms with Crippen molar-refractivity contribution in [2.75, 3.05) is 13.1 Å². The number of carbonyl (C=O) groups is 1. The highest BCUT2D eigenvalue weighted by atomic mass is 79.9. The SMILES string of the molecule is CC(=O)NCCNCc1ccc(Br)cc1Cl. The van der Waals surface area contributed by atoms with Gasteiger partial charge in [-0.3, -0.25) is 4.79 Å². The van der Waals surface area contributed by atoms with Gasteiger partial charge in [-0.2, -0.15) is 0 Å². The van der Waals surface area contributed by atoms with Crippen LogP contribution in [0.25, 0.3) is 0 Å². The second kappa shape index (κ2) is 6.89. The first-order valence-electron chi connectivity index (χ1n) is 4.98. The number of rotatable bonds is 5. The maximum Gasteiger partial charge on any atom is 0.216 e.